The number of ether oxygens (including phenoxy) is 2. The van der Waals surface area contributed by atoms with Crippen LogP contribution in [0.25, 0.3) is 0 Å². The number of pyridine rings is 2. The third kappa shape index (κ3) is 4.06. The molecule has 4 rings (SSSR count). The van der Waals surface area contributed by atoms with Crippen molar-refractivity contribution in [3.8, 4) is 0 Å². The monoisotopic (exact) mass is 382 g/mol. The summed E-state index contributed by atoms with van der Waals surface area (Å²) in [5, 5.41) is 0. The fourth-order valence-electron chi connectivity index (χ4n) is 3.96. The number of rotatable bonds is 4. The van der Waals surface area contributed by atoms with Crippen LogP contribution >= 0.6 is 0 Å². The van der Waals surface area contributed by atoms with Gasteiger partial charge in [-0.15, -0.1) is 0 Å². The molecule has 2 saturated heterocycles. The Morgan fingerprint density at radius 3 is 2.71 bits per heavy atom. The summed E-state index contributed by atoms with van der Waals surface area (Å²) in [6.45, 7) is 6.95. The minimum absolute atomic E-state index is 0.00488. The van der Waals surface area contributed by atoms with Gasteiger partial charge in [0, 0.05) is 50.5 Å². The van der Waals surface area contributed by atoms with Gasteiger partial charge in [-0.05, 0) is 30.7 Å². The van der Waals surface area contributed by atoms with E-state index in [1.54, 1.807) is 12.4 Å². The fourth-order valence-corrected chi connectivity index (χ4v) is 3.96. The van der Waals surface area contributed by atoms with Crippen LogP contribution in [0.2, 0.25) is 0 Å². The number of carbonyl (C=O) groups is 1. The zero-order chi connectivity index (χ0) is 19.3. The van der Waals surface area contributed by atoms with E-state index in [1.807, 2.05) is 42.3 Å². The summed E-state index contributed by atoms with van der Waals surface area (Å²) >= 11 is 0. The van der Waals surface area contributed by atoms with Gasteiger partial charge in [0.2, 0.25) is 0 Å². The SMILES string of the molecule is Cc1ncccc1C(=O)N1CCO[C@@H](CN2CCOCC2)[C@@H]1c1cccnc1. The third-order valence-electron chi connectivity index (χ3n) is 5.42. The highest BCUT2D eigenvalue weighted by atomic mass is 16.5. The van der Waals surface area contributed by atoms with Crippen molar-refractivity contribution in [3.05, 3.63) is 59.7 Å². The Bertz CT molecular complexity index is 795. The quantitative estimate of drug-likeness (QED) is 0.802. The number of hydrogen-bond donors (Lipinski definition) is 0. The molecule has 28 heavy (non-hydrogen) atoms. The normalized spacial score (nSPS) is 23.5. The second-order valence-electron chi connectivity index (χ2n) is 7.19. The molecular weight excluding hydrogens is 356 g/mol. The molecule has 2 aromatic heterocycles. The van der Waals surface area contributed by atoms with Crippen molar-refractivity contribution in [1.29, 1.82) is 0 Å². The Morgan fingerprint density at radius 1 is 1.14 bits per heavy atom. The van der Waals surface area contributed by atoms with Crippen LogP contribution in [-0.2, 0) is 9.47 Å². The largest absolute Gasteiger partial charge is 0.379 e. The van der Waals surface area contributed by atoms with E-state index in [0.717, 1.165) is 44.1 Å². The van der Waals surface area contributed by atoms with Crippen LogP contribution in [0, 0.1) is 6.92 Å². The molecule has 148 valence electrons. The van der Waals surface area contributed by atoms with Gasteiger partial charge in [-0.2, -0.15) is 0 Å². The molecule has 0 unspecified atom stereocenters. The van der Waals surface area contributed by atoms with Crippen LogP contribution in [-0.4, -0.2) is 77.8 Å². The molecule has 0 aromatic carbocycles. The number of amides is 1. The first-order chi connectivity index (χ1) is 13.7. The lowest BCUT2D eigenvalue weighted by molar-refractivity contribution is -0.0819. The Kier molecular flexibility index (Phi) is 5.95. The Labute approximate surface area is 165 Å². The smallest absolute Gasteiger partial charge is 0.256 e. The maximum Gasteiger partial charge on any atom is 0.256 e. The zero-order valence-electron chi connectivity index (χ0n) is 16.2. The maximum absolute atomic E-state index is 13.4. The van der Waals surface area contributed by atoms with Crippen LogP contribution in [0.1, 0.15) is 27.7 Å². The van der Waals surface area contributed by atoms with Gasteiger partial charge in [0.05, 0.1) is 37.5 Å². The Morgan fingerprint density at radius 2 is 1.96 bits per heavy atom. The predicted molar refractivity (Wildman–Crippen MR) is 104 cm³/mol. The Hall–Kier alpha value is -2.35. The lowest BCUT2D eigenvalue weighted by Crippen LogP contribution is -2.53. The summed E-state index contributed by atoms with van der Waals surface area (Å²) in [5.41, 5.74) is 2.38. The molecule has 2 aliphatic heterocycles. The number of aromatic nitrogens is 2. The van der Waals surface area contributed by atoms with E-state index < -0.39 is 0 Å². The molecule has 0 saturated carbocycles. The van der Waals surface area contributed by atoms with Crippen molar-refractivity contribution < 1.29 is 14.3 Å². The highest BCUT2D eigenvalue weighted by Gasteiger charge is 2.38. The first-order valence-electron chi connectivity index (χ1n) is 9.78. The average Bonchev–Trinajstić information content (AvgIpc) is 2.75. The van der Waals surface area contributed by atoms with Crippen molar-refractivity contribution in [2.75, 3.05) is 46.0 Å². The van der Waals surface area contributed by atoms with Gasteiger partial charge in [0.1, 0.15) is 0 Å². The molecule has 2 fully saturated rings. The van der Waals surface area contributed by atoms with Crippen molar-refractivity contribution in [1.82, 2.24) is 19.8 Å². The van der Waals surface area contributed by atoms with E-state index in [0.29, 0.717) is 18.7 Å². The molecule has 1 amide bonds. The van der Waals surface area contributed by atoms with Gasteiger partial charge in [-0.3, -0.25) is 19.7 Å². The van der Waals surface area contributed by atoms with Crippen molar-refractivity contribution in [3.63, 3.8) is 0 Å². The topological polar surface area (TPSA) is 67.8 Å². The summed E-state index contributed by atoms with van der Waals surface area (Å²) in [6.07, 6.45) is 5.19. The summed E-state index contributed by atoms with van der Waals surface area (Å²) in [6, 6.07) is 7.41. The van der Waals surface area contributed by atoms with Crippen molar-refractivity contribution in [2.45, 2.75) is 19.1 Å². The van der Waals surface area contributed by atoms with E-state index in [-0.39, 0.29) is 18.1 Å². The van der Waals surface area contributed by atoms with E-state index in [9.17, 15) is 4.79 Å². The first-order valence-corrected chi connectivity index (χ1v) is 9.78. The molecule has 0 bridgehead atoms. The molecule has 0 aliphatic carbocycles. The van der Waals surface area contributed by atoms with Gasteiger partial charge >= 0.3 is 0 Å². The van der Waals surface area contributed by atoms with Crippen LogP contribution < -0.4 is 0 Å². The number of morpholine rings is 2. The maximum atomic E-state index is 13.4. The average molecular weight is 382 g/mol. The molecule has 7 heteroatoms. The third-order valence-corrected chi connectivity index (χ3v) is 5.42. The van der Waals surface area contributed by atoms with E-state index in [4.69, 9.17) is 9.47 Å². The van der Waals surface area contributed by atoms with E-state index in [2.05, 4.69) is 14.9 Å². The van der Waals surface area contributed by atoms with Crippen LogP contribution in [0.4, 0.5) is 0 Å². The van der Waals surface area contributed by atoms with Crippen molar-refractivity contribution in [2.24, 2.45) is 0 Å². The molecule has 2 aromatic rings. The number of nitrogens with zero attached hydrogens (tertiary/aromatic N) is 4. The molecule has 4 heterocycles. The van der Waals surface area contributed by atoms with E-state index >= 15 is 0 Å². The second kappa shape index (κ2) is 8.77. The second-order valence-corrected chi connectivity index (χ2v) is 7.19. The molecule has 7 nitrogen and oxygen atoms in total. The minimum Gasteiger partial charge on any atom is -0.379 e. The van der Waals surface area contributed by atoms with Crippen LogP contribution in [0.5, 0.6) is 0 Å². The molecular formula is C21H26N4O3. The minimum atomic E-state index is -0.183. The summed E-state index contributed by atoms with van der Waals surface area (Å²) in [7, 11) is 0. The van der Waals surface area contributed by atoms with Gasteiger partial charge in [-0.25, -0.2) is 0 Å². The fraction of sp³-hybridized carbons (Fsp3) is 0.476. The zero-order valence-corrected chi connectivity index (χ0v) is 16.2. The molecule has 0 radical (unpaired) electrons. The lowest BCUT2D eigenvalue weighted by Gasteiger charge is -2.43. The van der Waals surface area contributed by atoms with Crippen LogP contribution in [0.15, 0.2) is 42.9 Å². The van der Waals surface area contributed by atoms with Gasteiger partial charge in [0.25, 0.3) is 5.91 Å². The van der Waals surface area contributed by atoms with Crippen LogP contribution in [0.3, 0.4) is 0 Å². The number of carbonyl (C=O) groups excluding carboxylic acids is 1. The first kappa shape index (κ1) is 19.0. The van der Waals surface area contributed by atoms with Crippen molar-refractivity contribution >= 4 is 5.91 Å². The molecule has 0 spiro atoms. The number of aryl methyl sites for hydroxylation is 1. The number of hydrogen-bond acceptors (Lipinski definition) is 6. The highest BCUT2D eigenvalue weighted by Crippen LogP contribution is 2.31. The van der Waals surface area contributed by atoms with Gasteiger partial charge in [0.15, 0.2) is 0 Å². The molecule has 2 atom stereocenters. The highest BCUT2D eigenvalue weighted by molar-refractivity contribution is 5.95. The molecule has 2 aliphatic rings. The summed E-state index contributed by atoms with van der Waals surface area (Å²) in [4.78, 5) is 26.3. The lowest BCUT2D eigenvalue weighted by atomic mass is 9.97. The standard InChI is InChI=1S/C21H26N4O3/c1-16-18(5-3-7-23-16)21(26)25-10-13-28-19(15-24-8-11-27-12-9-24)20(25)17-4-2-6-22-14-17/h2-7,14,19-20H,8-13,15H2,1H3/t19-,20-/m0/s1. The summed E-state index contributed by atoms with van der Waals surface area (Å²) in [5.74, 6) is -0.00488. The van der Waals surface area contributed by atoms with Gasteiger partial charge in [-0.1, -0.05) is 6.07 Å². The predicted octanol–water partition coefficient (Wildman–Crippen LogP) is 1.70. The summed E-state index contributed by atoms with van der Waals surface area (Å²) < 4.78 is 11.6. The van der Waals surface area contributed by atoms with Gasteiger partial charge < -0.3 is 14.4 Å². The van der Waals surface area contributed by atoms with E-state index in [1.165, 1.54) is 0 Å². The molecule has 0 N–H and O–H groups in total. The Balaban J connectivity index is 1.64.